The van der Waals surface area contributed by atoms with E-state index in [4.69, 9.17) is 28.7 Å². The standard InChI is InChI=1S/C7H11N5O/c8-3-2(1-13)4(9)6(11)7(12)5(3)10/h1H,8-12H2. The van der Waals surface area contributed by atoms with Gasteiger partial charge in [-0.25, -0.2) is 0 Å². The van der Waals surface area contributed by atoms with Crippen molar-refractivity contribution in [3.05, 3.63) is 5.56 Å². The molecule has 0 fully saturated rings. The van der Waals surface area contributed by atoms with Gasteiger partial charge in [-0.2, -0.15) is 0 Å². The van der Waals surface area contributed by atoms with Crippen molar-refractivity contribution in [1.82, 2.24) is 0 Å². The molecule has 0 aromatic heterocycles. The number of carbonyl (C=O) groups is 1. The molecule has 0 saturated carbocycles. The molecule has 0 saturated heterocycles. The summed E-state index contributed by atoms with van der Waals surface area (Å²) in [6.45, 7) is 0. The molecule has 0 unspecified atom stereocenters. The fourth-order valence-electron chi connectivity index (χ4n) is 0.997. The first-order valence-electron chi connectivity index (χ1n) is 3.47. The van der Waals surface area contributed by atoms with Gasteiger partial charge in [-0.05, 0) is 0 Å². The summed E-state index contributed by atoms with van der Waals surface area (Å²) in [5.74, 6) is 0. The Balaban J connectivity index is 3.66. The van der Waals surface area contributed by atoms with Crippen LogP contribution >= 0.6 is 0 Å². The maximum Gasteiger partial charge on any atom is 0.154 e. The van der Waals surface area contributed by atoms with Gasteiger partial charge < -0.3 is 28.7 Å². The summed E-state index contributed by atoms with van der Waals surface area (Å²) in [5.41, 5.74) is 28.0. The number of anilines is 5. The van der Waals surface area contributed by atoms with Crippen LogP contribution in [0.1, 0.15) is 10.4 Å². The predicted molar refractivity (Wildman–Crippen MR) is 53.9 cm³/mol. The number of benzene rings is 1. The van der Waals surface area contributed by atoms with Crippen molar-refractivity contribution in [2.24, 2.45) is 0 Å². The lowest BCUT2D eigenvalue weighted by Gasteiger charge is -2.12. The lowest BCUT2D eigenvalue weighted by molar-refractivity contribution is 0.112. The van der Waals surface area contributed by atoms with Crippen molar-refractivity contribution >= 4 is 34.7 Å². The first kappa shape index (κ1) is 8.98. The average Bonchev–Trinajstić information content (AvgIpc) is 2.13. The van der Waals surface area contributed by atoms with Crippen LogP contribution in [-0.4, -0.2) is 6.29 Å². The maximum absolute atomic E-state index is 10.6. The molecule has 0 radical (unpaired) electrons. The molecule has 0 atom stereocenters. The molecule has 6 nitrogen and oxygen atoms in total. The summed E-state index contributed by atoms with van der Waals surface area (Å²) in [6, 6.07) is 0. The van der Waals surface area contributed by atoms with Crippen LogP contribution < -0.4 is 28.7 Å². The number of hydrogen-bond donors (Lipinski definition) is 5. The maximum atomic E-state index is 10.6. The van der Waals surface area contributed by atoms with Gasteiger partial charge in [0.25, 0.3) is 0 Å². The summed E-state index contributed by atoms with van der Waals surface area (Å²) < 4.78 is 0. The monoisotopic (exact) mass is 181 g/mol. The normalized spacial score (nSPS) is 9.85. The van der Waals surface area contributed by atoms with Gasteiger partial charge in [0.2, 0.25) is 0 Å². The molecule has 6 heteroatoms. The highest BCUT2D eigenvalue weighted by atomic mass is 16.1. The molecule has 1 aromatic rings. The quantitative estimate of drug-likeness (QED) is 0.289. The van der Waals surface area contributed by atoms with Crippen molar-refractivity contribution in [2.45, 2.75) is 0 Å². The SMILES string of the molecule is Nc1c(N)c(N)c(C=O)c(N)c1N. The van der Waals surface area contributed by atoms with Gasteiger partial charge in [0.1, 0.15) is 0 Å². The Bertz CT molecular complexity index is 345. The molecule has 0 aliphatic rings. The fraction of sp³-hybridized carbons (Fsp3) is 0. The van der Waals surface area contributed by atoms with E-state index in [1.54, 1.807) is 0 Å². The molecule has 10 N–H and O–H groups in total. The summed E-state index contributed by atoms with van der Waals surface area (Å²) in [4.78, 5) is 10.6. The van der Waals surface area contributed by atoms with Crippen LogP contribution in [0.4, 0.5) is 28.4 Å². The number of nitrogens with two attached hydrogens (primary N) is 5. The zero-order chi connectivity index (χ0) is 10.2. The highest BCUT2D eigenvalue weighted by Gasteiger charge is 2.14. The second-order valence-electron chi connectivity index (χ2n) is 2.60. The third-order valence-electron chi connectivity index (χ3n) is 1.86. The average molecular weight is 181 g/mol. The molecule has 1 rings (SSSR count). The lowest BCUT2D eigenvalue weighted by atomic mass is 10.1. The third-order valence-corrected chi connectivity index (χ3v) is 1.86. The van der Waals surface area contributed by atoms with Gasteiger partial charge in [0, 0.05) is 0 Å². The lowest BCUT2D eigenvalue weighted by Crippen LogP contribution is -2.10. The van der Waals surface area contributed by atoms with Gasteiger partial charge in [-0.15, -0.1) is 0 Å². The van der Waals surface area contributed by atoms with Crippen LogP contribution in [-0.2, 0) is 0 Å². The van der Waals surface area contributed by atoms with E-state index in [-0.39, 0.29) is 34.0 Å². The van der Waals surface area contributed by atoms with E-state index in [0.717, 1.165) is 0 Å². The number of hydrogen-bond acceptors (Lipinski definition) is 6. The predicted octanol–water partition coefficient (Wildman–Crippen LogP) is -0.590. The van der Waals surface area contributed by atoms with E-state index < -0.39 is 0 Å². The van der Waals surface area contributed by atoms with Crippen molar-refractivity contribution in [3.63, 3.8) is 0 Å². The van der Waals surface area contributed by atoms with E-state index in [1.807, 2.05) is 0 Å². The minimum atomic E-state index is 0.0687. The van der Waals surface area contributed by atoms with Crippen LogP contribution in [0, 0.1) is 0 Å². The van der Waals surface area contributed by atoms with Gasteiger partial charge in [-0.3, -0.25) is 4.79 Å². The first-order chi connectivity index (χ1) is 6.00. The molecule has 0 aliphatic carbocycles. The Morgan fingerprint density at radius 2 is 1.00 bits per heavy atom. The number of carbonyl (C=O) groups excluding carboxylic acids is 1. The molecule has 0 amide bonds. The van der Waals surface area contributed by atoms with Crippen LogP contribution in [0.3, 0.4) is 0 Å². The Morgan fingerprint density at radius 1 is 0.692 bits per heavy atom. The highest BCUT2D eigenvalue weighted by Crippen LogP contribution is 2.37. The van der Waals surface area contributed by atoms with Gasteiger partial charge in [0.05, 0.1) is 34.0 Å². The summed E-state index contributed by atoms with van der Waals surface area (Å²) in [7, 11) is 0. The van der Waals surface area contributed by atoms with E-state index in [2.05, 4.69) is 0 Å². The molecular formula is C7H11N5O. The molecule has 0 spiro atoms. The number of aldehydes is 1. The van der Waals surface area contributed by atoms with E-state index in [9.17, 15) is 4.79 Å². The molecule has 0 heterocycles. The Kier molecular flexibility index (Phi) is 1.89. The Hall–Kier alpha value is -2.11. The number of rotatable bonds is 1. The van der Waals surface area contributed by atoms with Crippen molar-refractivity contribution in [2.75, 3.05) is 28.7 Å². The van der Waals surface area contributed by atoms with Crippen LogP contribution in [0.25, 0.3) is 0 Å². The third kappa shape index (κ3) is 1.08. The van der Waals surface area contributed by atoms with Gasteiger partial charge >= 0.3 is 0 Å². The van der Waals surface area contributed by atoms with Crippen LogP contribution in [0.5, 0.6) is 0 Å². The molecule has 0 bridgehead atoms. The van der Waals surface area contributed by atoms with E-state index >= 15 is 0 Å². The molecular weight excluding hydrogens is 170 g/mol. The van der Waals surface area contributed by atoms with Gasteiger partial charge in [0.15, 0.2) is 6.29 Å². The van der Waals surface area contributed by atoms with E-state index in [0.29, 0.717) is 6.29 Å². The number of nitrogen functional groups attached to an aromatic ring is 5. The Morgan fingerprint density at radius 3 is 1.31 bits per heavy atom. The summed E-state index contributed by atoms with van der Waals surface area (Å²) >= 11 is 0. The second kappa shape index (κ2) is 2.74. The summed E-state index contributed by atoms with van der Waals surface area (Å²) in [5, 5.41) is 0. The second-order valence-corrected chi connectivity index (χ2v) is 2.60. The Labute approximate surface area is 74.7 Å². The zero-order valence-electron chi connectivity index (χ0n) is 6.87. The fourth-order valence-corrected chi connectivity index (χ4v) is 0.997. The topological polar surface area (TPSA) is 147 Å². The molecule has 13 heavy (non-hydrogen) atoms. The molecule has 70 valence electrons. The van der Waals surface area contributed by atoms with Crippen LogP contribution in [0.15, 0.2) is 0 Å². The van der Waals surface area contributed by atoms with Gasteiger partial charge in [-0.1, -0.05) is 0 Å². The highest BCUT2D eigenvalue weighted by molar-refractivity contribution is 6.05. The van der Waals surface area contributed by atoms with Crippen LogP contribution in [0.2, 0.25) is 0 Å². The minimum absolute atomic E-state index is 0.0687. The smallest absolute Gasteiger partial charge is 0.154 e. The zero-order valence-corrected chi connectivity index (χ0v) is 6.87. The van der Waals surface area contributed by atoms with E-state index in [1.165, 1.54) is 0 Å². The van der Waals surface area contributed by atoms with Crippen molar-refractivity contribution in [3.8, 4) is 0 Å². The minimum Gasteiger partial charge on any atom is -0.396 e. The van der Waals surface area contributed by atoms with Crippen molar-refractivity contribution < 1.29 is 4.79 Å². The van der Waals surface area contributed by atoms with Crippen molar-refractivity contribution in [1.29, 1.82) is 0 Å². The summed E-state index contributed by atoms with van der Waals surface area (Å²) in [6.07, 6.45) is 0.497. The molecule has 1 aromatic carbocycles. The first-order valence-corrected chi connectivity index (χ1v) is 3.47. The molecule has 0 aliphatic heterocycles. The largest absolute Gasteiger partial charge is 0.396 e.